The topological polar surface area (TPSA) is 117 Å². The van der Waals surface area contributed by atoms with Gasteiger partial charge in [0.05, 0.1) is 21.3 Å². The molecule has 5 rings (SSSR count). The molecule has 1 amide bonds. The van der Waals surface area contributed by atoms with E-state index >= 15 is 0 Å². The fourth-order valence-corrected chi connectivity index (χ4v) is 7.07. The van der Waals surface area contributed by atoms with Gasteiger partial charge in [0.15, 0.2) is 0 Å². The summed E-state index contributed by atoms with van der Waals surface area (Å²) in [6.07, 6.45) is -0.318. The Morgan fingerprint density at radius 3 is 2.75 bits per heavy atom. The number of hydrogen-bond acceptors (Lipinski definition) is 9. The third-order valence-electron chi connectivity index (χ3n) is 6.25. The van der Waals surface area contributed by atoms with Crippen molar-refractivity contribution in [2.45, 2.75) is 47.9 Å². The molecule has 0 radical (unpaired) electrons. The van der Waals surface area contributed by atoms with Crippen molar-refractivity contribution in [3.8, 4) is 10.7 Å². The number of amides is 1. The molecule has 2 aliphatic heterocycles. The summed E-state index contributed by atoms with van der Waals surface area (Å²) in [5, 5.41) is 9.21. The second kappa shape index (κ2) is 8.95. The Hall–Kier alpha value is -2.78. The Morgan fingerprint density at radius 2 is 2.06 bits per heavy atom. The molecular formula is C21H21F4N5O4S2. The van der Waals surface area contributed by atoms with Gasteiger partial charge in [0.2, 0.25) is 17.6 Å². The predicted octanol–water partition coefficient (Wildman–Crippen LogP) is 3.65. The van der Waals surface area contributed by atoms with Gasteiger partial charge in [-0.2, -0.15) is 18.2 Å². The van der Waals surface area contributed by atoms with Crippen LogP contribution in [-0.4, -0.2) is 67.2 Å². The van der Waals surface area contributed by atoms with Gasteiger partial charge in [0.25, 0.3) is 9.84 Å². The molecule has 2 fully saturated rings. The number of carbonyl (C=O) groups excluding carboxylic acids is 1. The number of nitrogens with one attached hydrogen (secondary N) is 2. The van der Waals surface area contributed by atoms with Crippen LogP contribution in [0.3, 0.4) is 0 Å². The largest absolute Gasteiger partial charge is 0.501 e. The van der Waals surface area contributed by atoms with Gasteiger partial charge >= 0.3 is 5.51 Å². The number of carbonyl (C=O) groups is 1. The normalized spacial score (nSPS) is 23.8. The third-order valence-corrected chi connectivity index (χ3v) is 9.19. The highest BCUT2D eigenvalue weighted by molar-refractivity contribution is 7.92. The number of piperidine rings is 1. The highest BCUT2D eigenvalue weighted by atomic mass is 32.2. The Bertz CT molecular complexity index is 1420. The van der Waals surface area contributed by atoms with Crippen LogP contribution in [0.15, 0.2) is 27.6 Å². The summed E-state index contributed by atoms with van der Waals surface area (Å²) < 4.78 is 86.4. The highest BCUT2D eigenvalue weighted by Crippen LogP contribution is 2.47. The van der Waals surface area contributed by atoms with Crippen molar-refractivity contribution < 1.29 is 35.3 Å². The van der Waals surface area contributed by atoms with E-state index in [1.807, 2.05) is 11.9 Å². The molecule has 36 heavy (non-hydrogen) atoms. The Morgan fingerprint density at radius 1 is 1.28 bits per heavy atom. The second-order valence-corrected chi connectivity index (χ2v) is 11.7. The standard InChI is InChI=1S/C21H21F4N5O4S2/c1-30-8-7-11(22)14(9-30)26-12-4-2-3-10-16(12)35-17(18(10)36(32,33)21(23,24)25)19-28-20(34-29-19)13-5-6-15(31)27-13/h2-4,11,13-14,26H,5-9H2,1H3,(H,27,31)/t11-,13+,14+/m0/s1. The molecule has 3 atom stereocenters. The van der Waals surface area contributed by atoms with Gasteiger partial charge in [-0.1, -0.05) is 17.3 Å². The number of alkyl halides is 4. The average Bonchev–Trinajstić information content (AvgIpc) is 3.53. The smallest absolute Gasteiger partial charge is 0.377 e. The molecular weight excluding hydrogens is 526 g/mol. The summed E-state index contributed by atoms with van der Waals surface area (Å²) in [6.45, 7) is 0.938. The molecule has 2 saturated heterocycles. The molecule has 1 aromatic carbocycles. The zero-order chi connectivity index (χ0) is 25.8. The first kappa shape index (κ1) is 24.9. The van der Waals surface area contributed by atoms with Crippen LogP contribution in [-0.2, 0) is 14.6 Å². The second-order valence-electron chi connectivity index (χ2n) is 8.82. The van der Waals surface area contributed by atoms with Crippen LogP contribution >= 0.6 is 11.3 Å². The van der Waals surface area contributed by atoms with E-state index in [4.69, 9.17) is 4.52 Å². The van der Waals surface area contributed by atoms with Crippen molar-refractivity contribution >= 4 is 42.9 Å². The quantitative estimate of drug-likeness (QED) is 0.465. The number of benzene rings is 1. The summed E-state index contributed by atoms with van der Waals surface area (Å²) >= 11 is 0.744. The molecule has 0 bridgehead atoms. The van der Waals surface area contributed by atoms with Crippen molar-refractivity contribution in [1.29, 1.82) is 0 Å². The zero-order valence-corrected chi connectivity index (χ0v) is 20.4. The van der Waals surface area contributed by atoms with Gasteiger partial charge in [-0.05, 0) is 26.0 Å². The lowest BCUT2D eigenvalue weighted by atomic mass is 10.0. The van der Waals surface area contributed by atoms with Crippen LogP contribution in [0.5, 0.6) is 0 Å². The van der Waals surface area contributed by atoms with E-state index in [0.29, 0.717) is 25.2 Å². The Kier molecular flexibility index (Phi) is 6.19. The van der Waals surface area contributed by atoms with E-state index in [9.17, 15) is 30.8 Å². The minimum absolute atomic E-state index is 0.0347. The van der Waals surface area contributed by atoms with E-state index in [2.05, 4.69) is 20.8 Å². The fourth-order valence-electron chi connectivity index (χ4n) is 4.43. The first-order chi connectivity index (χ1) is 17.0. The summed E-state index contributed by atoms with van der Waals surface area (Å²) in [6, 6.07) is 2.98. The van der Waals surface area contributed by atoms with E-state index in [0.717, 1.165) is 11.3 Å². The van der Waals surface area contributed by atoms with Gasteiger partial charge in [-0.3, -0.25) is 4.79 Å². The number of anilines is 1. The third kappa shape index (κ3) is 4.32. The maximum atomic E-state index is 14.6. The van der Waals surface area contributed by atoms with Crippen molar-refractivity contribution in [3.05, 3.63) is 24.1 Å². The fraction of sp³-hybridized carbons (Fsp3) is 0.476. The maximum Gasteiger partial charge on any atom is 0.501 e. The Balaban J connectivity index is 1.64. The van der Waals surface area contributed by atoms with E-state index in [1.165, 1.54) is 12.1 Å². The number of likely N-dealkylation sites (N-methyl/N-ethyl adjacent to an activating group) is 1. The van der Waals surface area contributed by atoms with Gasteiger partial charge in [-0.25, -0.2) is 12.8 Å². The van der Waals surface area contributed by atoms with Gasteiger partial charge in [0, 0.05) is 24.9 Å². The number of aromatic nitrogens is 2. The summed E-state index contributed by atoms with van der Waals surface area (Å²) in [5.74, 6) is -0.619. The minimum atomic E-state index is -5.82. The molecule has 0 aliphatic carbocycles. The van der Waals surface area contributed by atoms with Crippen molar-refractivity contribution in [2.24, 2.45) is 0 Å². The number of nitrogens with zero attached hydrogens (tertiary/aromatic N) is 3. The van der Waals surface area contributed by atoms with E-state index < -0.39 is 38.5 Å². The molecule has 194 valence electrons. The van der Waals surface area contributed by atoms with E-state index in [1.54, 1.807) is 6.07 Å². The van der Waals surface area contributed by atoms with E-state index in [-0.39, 0.29) is 45.4 Å². The highest BCUT2D eigenvalue weighted by Gasteiger charge is 2.50. The van der Waals surface area contributed by atoms with Crippen LogP contribution in [0.1, 0.15) is 31.2 Å². The van der Waals surface area contributed by atoms with Crippen LogP contribution in [0, 0.1) is 0 Å². The molecule has 0 saturated carbocycles. The number of halogens is 4. The van der Waals surface area contributed by atoms with Crippen molar-refractivity contribution in [1.82, 2.24) is 20.4 Å². The SMILES string of the molecule is CN1CC[C@H](F)[C@H](Nc2cccc3c(S(=O)(=O)C(F)(F)F)c(-c4noc([C@H]5CCC(=O)N5)n4)sc23)C1. The lowest BCUT2D eigenvalue weighted by molar-refractivity contribution is -0.119. The molecule has 2 N–H and O–H groups in total. The number of fused-ring (bicyclic) bond motifs is 1. The first-order valence-electron chi connectivity index (χ1n) is 11.0. The lowest BCUT2D eigenvalue weighted by Crippen LogP contribution is -2.47. The zero-order valence-electron chi connectivity index (χ0n) is 18.8. The number of sulfone groups is 1. The van der Waals surface area contributed by atoms with Crippen LogP contribution in [0.25, 0.3) is 20.8 Å². The molecule has 9 nitrogen and oxygen atoms in total. The lowest BCUT2D eigenvalue weighted by Gasteiger charge is -2.33. The van der Waals surface area contributed by atoms with Crippen molar-refractivity contribution in [3.63, 3.8) is 0 Å². The molecule has 0 unspecified atom stereocenters. The minimum Gasteiger partial charge on any atom is -0.377 e. The van der Waals surface area contributed by atoms with Gasteiger partial charge in [0.1, 0.15) is 17.1 Å². The van der Waals surface area contributed by atoms with Crippen molar-refractivity contribution in [2.75, 3.05) is 25.5 Å². The number of thiophene rings is 1. The average molecular weight is 548 g/mol. The number of likely N-dealkylation sites (tertiary alicyclic amines) is 1. The predicted molar refractivity (Wildman–Crippen MR) is 123 cm³/mol. The first-order valence-corrected chi connectivity index (χ1v) is 13.3. The molecule has 2 aromatic heterocycles. The monoisotopic (exact) mass is 547 g/mol. The summed E-state index contributed by atoms with van der Waals surface area (Å²) in [7, 11) is -3.99. The molecule has 2 aliphatic rings. The number of hydrogen-bond donors (Lipinski definition) is 2. The van der Waals surface area contributed by atoms with Crippen LogP contribution < -0.4 is 10.6 Å². The van der Waals surface area contributed by atoms with Gasteiger partial charge in [-0.15, -0.1) is 11.3 Å². The van der Waals surface area contributed by atoms with Gasteiger partial charge < -0.3 is 20.1 Å². The molecule has 3 aromatic rings. The molecule has 15 heteroatoms. The van der Waals surface area contributed by atoms with Crippen LogP contribution in [0.4, 0.5) is 23.2 Å². The molecule has 4 heterocycles. The Labute approximate surface area is 206 Å². The number of rotatable bonds is 5. The molecule has 0 spiro atoms. The van der Waals surface area contributed by atoms with Crippen LogP contribution in [0.2, 0.25) is 0 Å². The maximum absolute atomic E-state index is 14.6. The summed E-state index contributed by atoms with van der Waals surface area (Å²) in [5.41, 5.74) is -5.28. The summed E-state index contributed by atoms with van der Waals surface area (Å²) in [4.78, 5) is 16.2.